The van der Waals surface area contributed by atoms with Gasteiger partial charge in [0.1, 0.15) is 11.9 Å². The maximum Gasteiger partial charge on any atom is 0.402 e. The van der Waals surface area contributed by atoms with Gasteiger partial charge in [-0.05, 0) is 12.8 Å². The van der Waals surface area contributed by atoms with Crippen LogP contribution in [0, 0.1) is 12.8 Å². The van der Waals surface area contributed by atoms with E-state index in [0.717, 1.165) is 5.69 Å². The van der Waals surface area contributed by atoms with Crippen LogP contribution in [0.3, 0.4) is 0 Å². The predicted octanol–water partition coefficient (Wildman–Crippen LogP) is 0.865. The summed E-state index contributed by atoms with van der Waals surface area (Å²) in [6.07, 6.45) is 1.92. The molecule has 2 aliphatic heterocycles. The van der Waals surface area contributed by atoms with E-state index in [-0.39, 0.29) is 17.9 Å². The van der Waals surface area contributed by atoms with Gasteiger partial charge in [-0.25, -0.2) is 13.9 Å². The summed E-state index contributed by atoms with van der Waals surface area (Å²) in [5.74, 6) is 1.18. The van der Waals surface area contributed by atoms with Gasteiger partial charge in [0.15, 0.2) is 0 Å². The lowest BCUT2D eigenvalue weighted by Gasteiger charge is -2.33. The zero-order valence-electron chi connectivity index (χ0n) is 14.8. The van der Waals surface area contributed by atoms with Crippen molar-refractivity contribution in [2.24, 2.45) is 10.9 Å². The molecule has 3 rings (SSSR count). The van der Waals surface area contributed by atoms with Crippen LogP contribution in [-0.4, -0.2) is 59.4 Å². The molecule has 2 aliphatic rings. The summed E-state index contributed by atoms with van der Waals surface area (Å²) in [5.41, 5.74) is 1.01. The van der Waals surface area contributed by atoms with E-state index in [1.807, 2.05) is 36.1 Å². The van der Waals surface area contributed by atoms with Gasteiger partial charge in [0.2, 0.25) is 11.9 Å². The van der Waals surface area contributed by atoms with E-state index in [1.165, 1.54) is 9.80 Å². The summed E-state index contributed by atoms with van der Waals surface area (Å²) < 4.78 is 9.02. The van der Waals surface area contributed by atoms with E-state index >= 15 is 0 Å². The van der Waals surface area contributed by atoms with Crippen LogP contribution < -0.4 is 4.57 Å². The molecule has 1 aromatic heterocycles. The number of hydrogen-bond donors (Lipinski definition) is 0. The van der Waals surface area contributed by atoms with Crippen LogP contribution in [-0.2, 0) is 16.1 Å². The number of aromatic nitrogens is 2. The predicted molar refractivity (Wildman–Crippen MR) is 87.1 cm³/mol. The molecular formula is C16H24N5O3+. The van der Waals surface area contributed by atoms with Crippen molar-refractivity contribution in [2.75, 3.05) is 27.3 Å². The molecule has 0 N–H and O–H groups in total. The third-order valence-electron chi connectivity index (χ3n) is 4.39. The van der Waals surface area contributed by atoms with E-state index in [9.17, 15) is 9.59 Å². The number of amides is 3. The molecule has 1 fully saturated rings. The van der Waals surface area contributed by atoms with Crippen LogP contribution in [0.25, 0.3) is 0 Å². The minimum Gasteiger partial charge on any atom is -0.381 e. The van der Waals surface area contributed by atoms with Crippen molar-refractivity contribution in [3.05, 3.63) is 11.9 Å². The maximum atomic E-state index is 12.9. The van der Waals surface area contributed by atoms with Gasteiger partial charge < -0.3 is 4.74 Å². The lowest BCUT2D eigenvalue weighted by molar-refractivity contribution is -0.677. The quantitative estimate of drug-likeness (QED) is 0.750. The Bertz CT molecular complexity index is 722. The van der Waals surface area contributed by atoms with Crippen LogP contribution in [0.4, 0.5) is 10.7 Å². The van der Waals surface area contributed by atoms with Crippen LogP contribution in [0.1, 0.15) is 25.6 Å². The molecule has 0 aromatic carbocycles. The fraction of sp³-hybridized carbons (Fsp3) is 0.625. The fourth-order valence-electron chi connectivity index (χ4n) is 3.22. The van der Waals surface area contributed by atoms with E-state index in [4.69, 9.17) is 4.74 Å². The molecule has 0 aliphatic carbocycles. The van der Waals surface area contributed by atoms with E-state index < -0.39 is 6.04 Å². The number of carbonyl (C=O) groups is 2. The first kappa shape index (κ1) is 16.6. The number of amidine groups is 1. The number of ether oxygens (including phenoxy) is 1. The smallest absolute Gasteiger partial charge is 0.381 e. The Hall–Kier alpha value is -2.22. The average Bonchev–Trinajstić information content (AvgIpc) is 3.02. The highest BCUT2D eigenvalue weighted by atomic mass is 16.5. The molecule has 130 valence electrons. The Morgan fingerprint density at radius 2 is 2.08 bits per heavy atom. The minimum absolute atomic E-state index is 0.210. The summed E-state index contributed by atoms with van der Waals surface area (Å²) in [6, 6.07) is -0.876. The van der Waals surface area contributed by atoms with Crippen LogP contribution in [0.5, 0.6) is 0 Å². The second-order valence-corrected chi connectivity index (χ2v) is 6.68. The van der Waals surface area contributed by atoms with E-state index in [1.54, 1.807) is 14.2 Å². The number of nitrogens with zero attached hydrogens (tertiary/aromatic N) is 5. The molecule has 8 heteroatoms. The molecule has 0 bridgehead atoms. The first-order chi connectivity index (χ1) is 11.4. The van der Waals surface area contributed by atoms with Crippen LogP contribution >= 0.6 is 0 Å². The molecule has 0 saturated carbocycles. The number of urea groups is 1. The number of imide groups is 1. The highest BCUT2D eigenvalue weighted by molar-refractivity contribution is 6.19. The normalized spacial score (nSPS) is 19.9. The SMILES string of the molecule is COCCn1c(C)c[n+]2c1N=C1C2C(=O)N(CC(C)C)C(=O)N1C. The number of aliphatic imine (C=N–C) groups is 1. The Labute approximate surface area is 141 Å². The highest BCUT2D eigenvalue weighted by Gasteiger charge is 2.53. The Kier molecular flexibility index (Phi) is 4.16. The van der Waals surface area contributed by atoms with Crippen molar-refractivity contribution >= 4 is 23.7 Å². The zero-order chi connectivity index (χ0) is 17.6. The topological polar surface area (TPSA) is 71.0 Å². The third-order valence-corrected chi connectivity index (χ3v) is 4.39. The van der Waals surface area contributed by atoms with Gasteiger partial charge in [-0.15, -0.1) is 0 Å². The monoisotopic (exact) mass is 334 g/mol. The second kappa shape index (κ2) is 6.01. The number of hydrogen-bond acceptors (Lipinski definition) is 4. The standard InChI is InChI=1S/C16H24N5O3/c1-10(2)8-21-14(22)12-13(18(4)16(21)23)17-15-19(6-7-24-5)11(3)9-20(12)15/h9-10,12H,6-8H2,1-5H3/q+1. The van der Waals surface area contributed by atoms with Gasteiger partial charge >= 0.3 is 12.0 Å². The lowest BCUT2D eigenvalue weighted by atomic mass is 10.1. The molecule has 1 aromatic rings. The second-order valence-electron chi connectivity index (χ2n) is 6.68. The summed E-state index contributed by atoms with van der Waals surface area (Å²) in [6.45, 7) is 7.57. The molecule has 3 amide bonds. The third kappa shape index (κ3) is 2.41. The lowest BCUT2D eigenvalue weighted by Crippen LogP contribution is -2.63. The van der Waals surface area contributed by atoms with Crippen molar-refractivity contribution in [3.8, 4) is 0 Å². The van der Waals surface area contributed by atoms with Gasteiger partial charge in [0.25, 0.3) is 5.91 Å². The molecule has 24 heavy (non-hydrogen) atoms. The number of rotatable bonds is 5. The van der Waals surface area contributed by atoms with Crippen molar-refractivity contribution in [1.82, 2.24) is 14.4 Å². The molecule has 1 saturated heterocycles. The molecule has 0 spiro atoms. The van der Waals surface area contributed by atoms with Crippen LogP contribution in [0.2, 0.25) is 0 Å². The summed E-state index contributed by atoms with van der Waals surface area (Å²) in [4.78, 5) is 32.9. The molecule has 0 radical (unpaired) electrons. The molecule has 1 atom stereocenters. The molecular weight excluding hydrogens is 310 g/mol. The highest BCUT2D eigenvalue weighted by Crippen LogP contribution is 2.29. The van der Waals surface area contributed by atoms with E-state index in [0.29, 0.717) is 31.5 Å². The van der Waals surface area contributed by atoms with Crippen molar-refractivity contribution in [2.45, 2.75) is 33.4 Å². The van der Waals surface area contributed by atoms with Gasteiger partial charge in [0, 0.05) is 20.7 Å². The summed E-state index contributed by atoms with van der Waals surface area (Å²) >= 11 is 0. The summed E-state index contributed by atoms with van der Waals surface area (Å²) in [7, 11) is 3.32. The van der Waals surface area contributed by atoms with Crippen molar-refractivity contribution < 1.29 is 18.9 Å². The largest absolute Gasteiger partial charge is 0.402 e. The molecule has 8 nitrogen and oxygen atoms in total. The van der Waals surface area contributed by atoms with Crippen molar-refractivity contribution in [3.63, 3.8) is 0 Å². The Morgan fingerprint density at radius 3 is 2.71 bits per heavy atom. The van der Waals surface area contributed by atoms with Gasteiger partial charge in [-0.3, -0.25) is 14.6 Å². The molecule has 3 heterocycles. The summed E-state index contributed by atoms with van der Waals surface area (Å²) in [5, 5.41) is 0. The van der Waals surface area contributed by atoms with Gasteiger partial charge in [-0.2, -0.15) is 0 Å². The first-order valence-corrected chi connectivity index (χ1v) is 8.14. The van der Waals surface area contributed by atoms with E-state index in [2.05, 4.69) is 4.99 Å². The first-order valence-electron chi connectivity index (χ1n) is 8.14. The number of aryl methyl sites for hydroxylation is 1. The maximum absolute atomic E-state index is 12.9. The number of imidazole rings is 1. The van der Waals surface area contributed by atoms with Gasteiger partial charge in [0.05, 0.1) is 13.2 Å². The fourth-order valence-corrected chi connectivity index (χ4v) is 3.22. The Morgan fingerprint density at radius 1 is 1.38 bits per heavy atom. The zero-order valence-corrected chi connectivity index (χ0v) is 14.8. The van der Waals surface area contributed by atoms with Crippen LogP contribution in [0.15, 0.2) is 11.2 Å². The average molecular weight is 334 g/mol. The van der Waals surface area contributed by atoms with Gasteiger partial charge in [-0.1, -0.05) is 18.8 Å². The minimum atomic E-state index is -0.566. The number of fused-ring (bicyclic) bond motifs is 3. The Balaban J connectivity index is 2.02. The number of carbonyl (C=O) groups excluding carboxylic acids is 2. The molecule has 1 unspecified atom stereocenters. The number of likely N-dealkylation sites (N-methyl/N-ethyl adjacent to an activating group) is 1. The van der Waals surface area contributed by atoms with Crippen molar-refractivity contribution in [1.29, 1.82) is 0 Å². The number of methoxy groups -OCH3 is 1.